The molecule has 1 atom stereocenters. The standard InChI is InChI=1S/C18H18F3N7O2/c1-4-28-7-10(9(3)26-28)11-6-12(30-27-11)17(29)23-16-14-8(2)5-13(18(19,20)21)22-15(14)24-25-16/h5,7,12H,4,6H2,1-3H3,(H2,22,23,24,25,29). The molecule has 2 N–H and O–H groups in total. The molecule has 0 saturated heterocycles. The summed E-state index contributed by atoms with van der Waals surface area (Å²) >= 11 is 0. The Labute approximate surface area is 168 Å². The van der Waals surface area contributed by atoms with Crippen molar-refractivity contribution in [1.82, 2.24) is 25.0 Å². The number of hydrogen-bond acceptors (Lipinski definition) is 6. The van der Waals surface area contributed by atoms with E-state index in [1.54, 1.807) is 4.68 Å². The van der Waals surface area contributed by atoms with Gasteiger partial charge in [-0.3, -0.25) is 14.6 Å². The number of nitrogens with zero attached hydrogens (tertiary/aromatic N) is 5. The predicted molar refractivity (Wildman–Crippen MR) is 101 cm³/mol. The van der Waals surface area contributed by atoms with Crippen molar-refractivity contribution in [2.75, 3.05) is 5.32 Å². The number of carbonyl (C=O) groups excluding carboxylic acids is 1. The molecule has 30 heavy (non-hydrogen) atoms. The van der Waals surface area contributed by atoms with Crippen LogP contribution in [-0.2, 0) is 22.4 Å². The van der Waals surface area contributed by atoms with Crippen molar-refractivity contribution in [2.45, 2.75) is 46.0 Å². The first-order valence-electron chi connectivity index (χ1n) is 9.18. The molecule has 0 spiro atoms. The summed E-state index contributed by atoms with van der Waals surface area (Å²) in [5.74, 6) is -0.428. The van der Waals surface area contributed by atoms with Gasteiger partial charge >= 0.3 is 6.18 Å². The zero-order valence-electron chi connectivity index (χ0n) is 16.3. The average Bonchev–Trinajstić information content (AvgIpc) is 3.39. The lowest BCUT2D eigenvalue weighted by Crippen LogP contribution is -2.28. The number of amides is 1. The highest BCUT2D eigenvalue weighted by molar-refractivity contribution is 6.08. The lowest BCUT2D eigenvalue weighted by atomic mass is 10.1. The molecule has 1 aliphatic heterocycles. The van der Waals surface area contributed by atoms with Gasteiger partial charge in [0.1, 0.15) is 5.69 Å². The molecule has 1 aliphatic rings. The van der Waals surface area contributed by atoms with Gasteiger partial charge in [-0.2, -0.15) is 23.4 Å². The quantitative estimate of drug-likeness (QED) is 0.673. The molecule has 0 bridgehead atoms. The van der Waals surface area contributed by atoms with Crippen LogP contribution in [0.15, 0.2) is 17.4 Å². The maximum Gasteiger partial charge on any atom is 0.433 e. The van der Waals surface area contributed by atoms with E-state index in [0.29, 0.717) is 17.6 Å². The van der Waals surface area contributed by atoms with E-state index in [4.69, 9.17) is 4.84 Å². The first-order chi connectivity index (χ1) is 14.2. The number of nitrogens with one attached hydrogen (secondary N) is 2. The van der Waals surface area contributed by atoms with Crippen molar-refractivity contribution in [3.05, 3.63) is 34.8 Å². The lowest BCUT2D eigenvalue weighted by molar-refractivity contribution is -0.141. The van der Waals surface area contributed by atoms with Crippen LogP contribution in [0, 0.1) is 13.8 Å². The maximum atomic E-state index is 12.9. The number of aromatic nitrogens is 5. The van der Waals surface area contributed by atoms with Crippen LogP contribution in [0.1, 0.15) is 35.9 Å². The Morgan fingerprint density at radius 2 is 2.17 bits per heavy atom. The molecule has 4 rings (SSSR count). The van der Waals surface area contributed by atoms with E-state index in [2.05, 4.69) is 30.8 Å². The van der Waals surface area contributed by atoms with E-state index in [-0.39, 0.29) is 23.4 Å². The summed E-state index contributed by atoms with van der Waals surface area (Å²) in [6.07, 6.45) is -3.40. The smallest absolute Gasteiger partial charge is 0.382 e. The third-order valence-corrected chi connectivity index (χ3v) is 4.80. The second kappa shape index (κ2) is 7.11. The molecule has 0 fully saturated rings. The van der Waals surface area contributed by atoms with E-state index >= 15 is 0 Å². The molecule has 3 aromatic heterocycles. The van der Waals surface area contributed by atoms with Crippen molar-refractivity contribution < 1.29 is 22.8 Å². The normalized spacial score (nSPS) is 16.6. The van der Waals surface area contributed by atoms with Gasteiger partial charge in [0.15, 0.2) is 11.5 Å². The molecule has 9 nitrogen and oxygen atoms in total. The van der Waals surface area contributed by atoms with Crippen LogP contribution >= 0.6 is 0 Å². The second-order valence-corrected chi connectivity index (χ2v) is 6.93. The summed E-state index contributed by atoms with van der Waals surface area (Å²) < 4.78 is 40.6. The van der Waals surface area contributed by atoms with Gasteiger partial charge in [0, 0.05) is 24.7 Å². The van der Waals surface area contributed by atoms with Crippen LogP contribution in [0.4, 0.5) is 19.0 Å². The Morgan fingerprint density at radius 1 is 1.40 bits per heavy atom. The number of pyridine rings is 1. The molecule has 3 aromatic rings. The van der Waals surface area contributed by atoms with Gasteiger partial charge in [-0.25, -0.2) is 4.98 Å². The third kappa shape index (κ3) is 3.48. The predicted octanol–water partition coefficient (Wildman–Crippen LogP) is 2.94. The van der Waals surface area contributed by atoms with Gasteiger partial charge in [-0.15, -0.1) is 0 Å². The van der Waals surface area contributed by atoms with Crippen molar-refractivity contribution >= 4 is 28.5 Å². The summed E-state index contributed by atoms with van der Waals surface area (Å²) in [5, 5.41) is 17.6. The fraction of sp³-hybridized carbons (Fsp3) is 0.389. The van der Waals surface area contributed by atoms with E-state index in [1.807, 2.05) is 20.0 Å². The summed E-state index contributed by atoms with van der Waals surface area (Å²) in [4.78, 5) is 21.5. The summed E-state index contributed by atoms with van der Waals surface area (Å²) in [6.45, 7) is 6.00. The number of carbonyl (C=O) groups is 1. The Hall–Kier alpha value is -3.44. The Morgan fingerprint density at radius 3 is 2.83 bits per heavy atom. The van der Waals surface area contributed by atoms with Gasteiger partial charge in [-0.1, -0.05) is 5.16 Å². The Kier molecular flexibility index (Phi) is 4.71. The van der Waals surface area contributed by atoms with E-state index in [1.165, 1.54) is 6.92 Å². The minimum atomic E-state index is -4.58. The summed E-state index contributed by atoms with van der Waals surface area (Å²) in [7, 11) is 0. The van der Waals surface area contributed by atoms with Gasteiger partial charge in [-0.05, 0) is 32.4 Å². The molecular weight excluding hydrogens is 403 g/mol. The Bertz CT molecular complexity index is 1160. The fourth-order valence-corrected chi connectivity index (χ4v) is 3.29. The topological polar surface area (TPSA) is 110 Å². The highest BCUT2D eigenvalue weighted by Gasteiger charge is 2.34. The van der Waals surface area contributed by atoms with E-state index in [0.717, 1.165) is 17.3 Å². The summed E-state index contributed by atoms with van der Waals surface area (Å²) in [5.41, 5.74) is 1.37. The molecule has 0 aliphatic carbocycles. The number of H-pyrrole nitrogens is 1. The van der Waals surface area contributed by atoms with Crippen LogP contribution < -0.4 is 5.32 Å². The number of fused-ring (bicyclic) bond motifs is 1. The average molecular weight is 421 g/mol. The zero-order valence-corrected chi connectivity index (χ0v) is 16.3. The maximum absolute atomic E-state index is 12.9. The molecule has 0 radical (unpaired) electrons. The van der Waals surface area contributed by atoms with Crippen molar-refractivity contribution in [2.24, 2.45) is 5.16 Å². The van der Waals surface area contributed by atoms with Gasteiger partial charge in [0.25, 0.3) is 5.91 Å². The molecule has 158 valence electrons. The van der Waals surface area contributed by atoms with Crippen molar-refractivity contribution in [3.63, 3.8) is 0 Å². The zero-order chi connectivity index (χ0) is 21.6. The van der Waals surface area contributed by atoms with Crippen LogP contribution in [-0.4, -0.2) is 42.7 Å². The molecular formula is C18H18F3N7O2. The van der Waals surface area contributed by atoms with Gasteiger partial charge in [0.05, 0.1) is 16.8 Å². The molecule has 12 heteroatoms. The van der Waals surface area contributed by atoms with Crippen LogP contribution in [0.25, 0.3) is 11.0 Å². The first kappa shape index (κ1) is 19.9. The minimum Gasteiger partial charge on any atom is -0.382 e. The van der Waals surface area contributed by atoms with Crippen molar-refractivity contribution in [3.8, 4) is 0 Å². The van der Waals surface area contributed by atoms with Gasteiger partial charge < -0.3 is 10.2 Å². The van der Waals surface area contributed by atoms with Crippen LogP contribution in [0.3, 0.4) is 0 Å². The van der Waals surface area contributed by atoms with Gasteiger partial charge in [0.2, 0.25) is 6.10 Å². The Balaban J connectivity index is 1.51. The lowest BCUT2D eigenvalue weighted by Gasteiger charge is -2.09. The van der Waals surface area contributed by atoms with Crippen molar-refractivity contribution in [1.29, 1.82) is 0 Å². The molecule has 1 unspecified atom stereocenters. The minimum absolute atomic E-state index is 0.0653. The molecule has 4 heterocycles. The number of oxime groups is 1. The number of halogens is 3. The van der Waals surface area contributed by atoms with Crippen LogP contribution in [0.2, 0.25) is 0 Å². The highest BCUT2D eigenvalue weighted by Crippen LogP contribution is 2.32. The second-order valence-electron chi connectivity index (χ2n) is 6.93. The van der Waals surface area contributed by atoms with E-state index < -0.39 is 23.9 Å². The van der Waals surface area contributed by atoms with Crippen LogP contribution in [0.5, 0.6) is 0 Å². The first-order valence-corrected chi connectivity index (χ1v) is 9.18. The molecule has 0 aromatic carbocycles. The monoisotopic (exact) mass is 421 g/mol. The number of alkyl halides is 3. The fourth-order valence-electron chi connectivity index (χ4n) is 3.29. The molecule has 0 saturated carbocycles. The highest BCUT2D eigenvalue weighted by atomic mass is 19.4. The third-order valence-electron chi connectivity index (χ3n) is 4.80. The van der Waals surface area contributed by atoms with E-state index in [9.17, 15) is 18.0 Å². The number of aryl methyl sites for hydroxylation is 3. The number of rotatable bonds is 4. The number of hydrogen-bond donors (Lipinski definition) is 2. The molecule has 1 amide bonds. The SMILES string of the molecule is CCn1cc(C2=NOC(C(=O)Nc3n[nH]c4nc(C(F)(F)F)cc(C)c34)C2)c(C)n1. The summed E-state index contributed by atoms with van der Waals surface area (Å²) in [6, 6.07) is 0.912. The number of aromatic amines is 1. The largest absolute Gasteiger partial charge is 0.433 e. The number of anilines is 1.